The van der Waals surface area contributed by atoms with Crippen LogP contribution in [0.5, 0.6) is 0 Å². The van der Waals surface area contributed by atoms with Crippen molar-refractivity contribution in [1.29, 1.82) is 0 Å². The monoisotopic (exact) mass is 346 g/mol. The third-order valence-electron chi connectivity index (χ3n) is 5.11. The van der Waals surface area contributed by atoms with Crippen molar-refractivity contribution in [2.24, 2.45) is 23.7 Å². The van der Waals surface area contributed by atoms with E-state index in [4.69, 9.17) is 14.4 Å². The maximum absolute atomic E-state index is 12.2. The van der Waals surface area contributed by atoms with E-state index in [0.717, 1.165) is 31.6 Å². The molecule has 2 aliphatic rings. The van der Waals surface area contributed by atoms with Gasteiger partial charge >= 0.3 is 11.9 Å². The van der Waals surface area contributed by atoms with E-state index in [1.165, 1.54) is 0 Å². The van der Waals surface area contributed by atoms with Gasteiger partial charge in [-0.3, -0.25) is 13.8 Å². The molecule has 132 valence electrons. The smallest absolute Gasteiger partial charge is 0.306 e. The number of carboxylic acid groups (broad SMARTS) is 2. The molecule has 2 saturated carbocycles. The first-order valence-electron chi connectivity index (χ1n) is 8.36. The molecule has 0 spiro atoms. The minimum Gasteiger partial charge on any atom is -0.481 e. The molecule has 3 atom stereocenters. The van der Waals surface area contributed by atoms with Crippen LogP contribution >= 0.6 is 0 Å². The summed E-state index contributed by atoms with van der Waals surface area (Å²) in [6.45, 7) is 2.23. The van der Waals surface area contributed by atoms with E-state index in [0.29, 0.717) is 11.7 Å². The second-order valence-corrected chi connectivity index (χ2v) is 8.23. The molecule has 0 radical (unpaired) electrons. The highest BCUT2D eigenvalue weighted by Gasteiger charge is 2.37. The first-order valence-corrected chi connectivity index (χ1v) is 9.60. The molecule has 0 aliphatic heterocycles. The maximum Gasteiger partial charge on any atom is 0.306 e. The van der Waals surface area contributed by atoms with Crippen LogP contribution in [0.15, 0.2) is 0 Å². The van der Waals surface area contributed by atoms with Crippen LogP contribution in [0.4, 0.5) is 0 Å². The summed E-state index contributed by atoms with van der Waals surface area (Å²) in [6, 6.07) is 0. The molecule has 7 heteroatoms. The van der Waals surface area contributed by atoms with E-state index in [1.807, 2.05) is 0 Å². The lowest BCUT2D eigenvalue weighted by Crippen LogP contribution is -2.36. The molecule has 0 amide bonds. The third-order valence-corrected chi connectivity index (χ3v) is 6.34. The molecule has 0 aromatic carbocycles. The van der Waals surface area contributed by atoms with Gasteiger partial charge in [-0.15, -0.1) is 0 Å². The fraction of sp³-hybridized carbons (Fsp3) is 0.875. The molecule has 0 saturated heterocycles. The van der Waals surface area contributed by atoms with Crippen LogP contribution in [0.3, 0.4) is 0 Å². The summed E-state index contributed by atoms with van der Waals surface area (Å²) in [7, 11) is 0. The molecule has 2 aliphatic carbocycles. The van der Waals surface area contributed by atoms with Crippen molar-refractivity contribution in [2.45, 2.75) is 58.0 Å². The van der Waals surface area contributed by atoms with Crippen molar-refractivity contribution in [1.82, 2.24) is 0 Å². The lowest BCUT2D eigenvalue weighted by atomic mass is 9.80. The summed E-state index contributed by atoms with van der Waals surface area (Å²) >= 11 is -1.47. The van der Waals surface area contributed by atoms with Crippen LogP contribution in [0, 0.1) is 23.7 Å². The predicted octanol–water partition coefficient (Wildman–Crippen LogP) is 2.45. The quantitative estimate of drug-likeness (QED) is 0.766. The Morgan fingerprint density at radius 3 is 2.00 bits per heavy atom. The molecule has 23 heavy (non-hydrogen) atoms. The van der Waals surface area contributed by atoms with Gasteiger partial charge in [-0.25, -0.2) is 4.21 Å². The number of hydrogen-bond acceptors (Lipinski definition) is 4. The molecular weight excluding hydrogens is 320 g/mol. The average molecular weight is 346 g/mol. The Labute approximate surface area is 139 Å². The van der Waals surface area contributed by atoms with Gasteiger partial charge in [0.15, 0.2) is 11.1 Å². The molecular formula is C16H26O6S. The largest absolute Gasteiger partial charge is 0.481 e. The fourth-order valence-corrected chi connectivity index (χ4v) is 4.89. The Kier molecular flexibility index (Phi) is 6.59. The molecule has 0 bridgehead atoms. The molecule has 2 fully saturated rings. The molecule has 6 nitrogen and oxygen atoms in total. The van der Waals surface area contributed by atoms with Crippen LogP contribution < -0.4 is 0 Å². The molecule has 2 rings (SSSR count). The zero-order valence-corrected chi connectivity index (χ0v) is 14.3. The van der Waals surface area contributed by atoms with Crippen LogP contribution in [0.25, 0.3) is 0 Å². The summed E-state index contributed by atoms with van der Waals surface area (Å²) in [6.07, 6.45) is 4.46. The van der Waals surface area contributed by atoms with Gasteiger partial charge in [0, 0.05) is 0 Å². The van der Waals surface area contributed by atoms with Gasteiger partial charge < -0.3 is 10.2 Å². The Hall–Kier alpha value is -0.950. The summed E-state index contributed by atoms with van der Waals surface area (Å²) in [5.74, 6) is -1.88. The second-order valence-electron chi connectivity index (χ2n) is 7.09. The van der Waals surface area contributed by atoms with Gasteiger partial charge in [0.2, 0.25) is 0 Å². The van der Waals surface area contributed by atoms with E-state index in [9.17, 15) is 13.8 Å². The SMILES string of the molecule is CC1CCC(CS(=O)OC2CC(C(=O)O)CC(C(=O)O)C2)CC1. The van der Waals surface area contributed by atoms with Gasteiger partial charge in [0.1, 0.15) is 0 Å². The molecule has 0 aromatic rings. The van der Waals surface area contributed by atoms with Gasteiger partial charge in [-0.1, -0.05) is 19.8 Å². The van der Waals surface area contributed by atoms with Crippen molar-refractivity contribution < 1.29 is 28.2 Å². The Morgan fingerprint density at radius 1 is 1.00 bits per heavy atom. The van der Waals surface area contributed by atoms with Crippen molar-refractivity contribution >= 4 is 23.0 Å². The predicted molar refractivity (Wildman–Crippen MR) is 85.1 cm³/mol. The highest BCUT2D eigenvalue weighted by Crippen LogP contribution is 2.33. The van der Waals surface area contributed by atoms with Gasteiger partial charge in [0.25, 0.3) is 0 Å². The number of aliphatic carboxylic acids is 2. The second kappa shape index (κ2) is 8.24. The summed E-state index contributed by atoms with van der Waals surface area (Å²) in [5.41, 5.74) is 0. The molecule has 2 N–H and O–H groups in total. The van der Waals surface area contributed by atoms with Crippen molar-refractivity contribution in [3.05, 3.63) is 0 Å². The zero-order valence-electron chi connectivity index (χ0n) is 13.5. The van der Waals surface area contributed by atoms with Crippen LogP contribution in [-0.4, -0.2) is 38.2 Å². The van der Waals surface area contributed by atoms with E-state index in [1.54, 1.807) is 0 Å². The first-order chi connectivity index (χ1) is 10.8. The van der Waals surface area contributed by atoms with Crippen molar-refractivity contribution in [3.63, 3.8) is 0 Å². The number of carbonyl (C=O) groups is 2. The van der Waals surface area contributed by atoms with Crippen LogP contribution in [-0.2, 0) is 24.9 Å². The summed E-state index contributed by atoms with van der Waals surface area (Å²) < 4.78 is 17.7. The van der Waals surface area contributed by atoms with E-state index in [-0.39, 0.29) is 19.3 Å². The average Bonchev–Trinajstić information content (AvgIpc) is 2.49. The lowest BCUT2D eigenvalue weighted by molar-refractivity contribution is -0.150. The van der Waals surface area contributed by atoms with Crippen molar-refractivity contribution in [2.75, 3.05) is 5.75 Å². The van der Waals surface area contributed by atoms with Crippen LogP contribution in [0.2, 0.25) is 0 Å². The number of carboxylic acids is 2. The topological polar surface area (TPSA) is 101 Å². The van der Waals surface area contributed by atoms with Gasteiger partial charge in [0.05, 0.1) is 23.7 Å². The maximum atomic E-state index is 12.2. The minimum absolute atomic E-state index is 0.123. The molecule has 0 aromatic heterocycles. The van der Waals surface area contributed by atoms with Gasteiger partial charge in [-0.05, 0) is 43.9 Å². The Balaban J connectivity index is 1.85. The minimum atomic E-state index is -1.47. The standard InChI is InChI=1S/C16H26O6S/c1-10-2-4-11(5-3-10)9-23(21)22-14-7-12(15(17)18)6-13(8-14)16(19)20/h10-14H,2-9H2,1H3,(H,17,18)(H,19,20). The van der Waals surface area contributed by atoms with E-state index >= 15 is 0 Å². The molecule has 3 unspecified atom stereocenters. The summed E-state index contributed by atoms with van der Waals surface area (Å²) in [5, 5.41) is 18.3. The summed E-state index contributed by atoms with van der Waals surface area (Å²) in [4.78, 5) is 22.4. The van der Waals surface area contributed by atoms with E-state index < -0.39 is 41.0 Å². The van der Waals surface area contributed by atoms with Crippen LogP contribution in [0.1, 0.15) is 51.9 Å². The first kappa shape index (κ1) is 18.4. The molecule has 0 heterocycles. The zero-order chi connectivity index (χ0) is 17.0. The highest BCUT2D eigenvalue weighted by molar-refractivity contribution is 7.80. The number of hydrogen-bond donors (Lipinski definition) is 2. The lowest BCUT2D eigenvalue weighted by Gasteiger charge is -2.31. The Bertz CT molecular complexity index is 435. The fourth-order valence-electron chi connectivity index (χ4n) is 3.63. The third kappa shape index (κ3) is 5.57. The van der Waals surface area contributed by atoms with E-state index in [2.05, 4.69) is 6.92 Å². The highest BCUT2D eigenvalue weighted by atomic mass is 32.2. The van der Waals surface area contributed by atoms with Gasteiger partial charge in [-0.2, -0.15) is 0 Å². The Morgan fingerprint density at radius 2 is 1.52 bits per heavy atom. The number of rotatable bonds is 6. The van der Waals surface area contributed by atoms with Crippen molar-refractivity contribution in [3.8, 4) is 0 Å². The normalized spacial score (nSPS) is 36.3.